The Morgan fingerprint density at radius 3 is 2.65 bits per heavy atom. The number of methoxy groups -OCH3 is 1. The van der Waals surface area contributed by atoms with Crippen LogP contribution in [0.2, 0.25) is 0 Å². The van der Waals surface area contributed by atoms with Crippen molar-refractivity contribution in [3.8, 4) is 11.5 Å². The summed E-state index contributed by atoms with van der Waals surface area (Å²) in [7, 11) is 1.61. The second-order valence-corrected chi connectivity index (χ2v) is 7.88. The van der Waals surface area contributed by atoms with Crippen molar-refractivity contribution in [3.05, 3.63) is 71.0 Å². The number of para-hydroxylation sites is 1. The molecule has 34 heavy (non-hydrogen) atoms. The number of aryl methyl sites for hydroxylation is 3. The first-order valence-electron chi connectivity index (χ1n) is 11.5. The number of hydrogen-bond acceptors (Lipinski definition) is 5. The fourth-order valence-electron chi connectivity index (χ4n) is 3.49. The fourth-order valence-corrected chi connectivity index (χ4v) is 3.49. The van der Waals surface area contributed by atoms with Gasteiger partial charge in [-0.05, 0) is 57.0 Å². The smallest absolute Gasteiger partial charge is 0.261 e. The van der Waals surface area contributed by atoms with Crippen molar-refractivity contribution in [2.75, 3.05) is 19.0 Å². The molecule has 0 aliphatic heterocycles. The second kappa shape index (κ2) is 11.9. The lowest BCUT2D eigenvalue weighted by molar-refractivity contribution is 0.0973. The molecule has 8 heteroatoms. The maximum atomic E-state index is 13.2. The number of anilines is 1. The van der Waals surface area contributed by atoms with Crippen LogP contribution in [0.15, 0.2) is 53.7 Å². The van der Waals surface area contributed by atoms with Gasteiger partial charge in [-0.2, -0.15) is 5.10 Å². The van der Waals surface area contributed by atoms with Crippen LogP contribution < -0.4 is 20.1 Å². The fraction of sp³-hybridized carbons (Fsp3) is 0.346. The lowest BCUT2D eigenvalue weighted by Crippen LogP contribution is -2.36. The molecule has 3 aromatic rings. The third-order valence-electron chi connectivity index (χ3n) is 5.18. The highest BCUT2D eigenvalue weighted by atomic mass is 16.5. The van der Waals surface area contributed by atoms with E-state index in [2.05, 4.69) is 22.7 Å². The van der Waals surface area contributed by atoms with E-state index >= 15 is 0 Å². The molecule has 0 unspecified atom stereocenters. The topological polar surface area (TPSA) is 89.8 Å². The maximum Gasteiger partial charge on any atom is 0.261 e. The number of ether oxygens (including phenoxy) is 2. The van der Waals surface area contributed by atoms with E-state index in [1.165, 1.54) is 0 Å². The van der Waals surface area contributed by atoms with Gasteiger partial charge in [0, 0.05) is 18.3 Å². The number of amides is 1. The number of nitrogens with one attached hydrogen (secondary N) is 2. The normalized spacial score (nSPS) is 11.3. The Balaban J connectivity index is 1.91. The summed E-state index contributed by atoms with van der Waals surface area (Å²) in [4.78, 5) is 17.9. The summed E-state index contributed by atoms with van der Waals surface area (Å²) in [6, 6.07) is 12.9. The number of nitrogens with zero attached hydrogens (tertiary/aromatic N) is 3. The molecule has 3 rings (SSSR count). The molecule has 1 amide bonds. The van der Waals surface area contributed by atoms with E-state index in [9.17, 15) is 4.79 Å². The van der Waals surface area contributed by atoms with Crippen molar-refractivity contribution in [1.82, 2.24) is 15.1 Å². The molecule has 0 spiro atoms. The van der Waals surface area contributed by atoms with E-state index < -0.39 is 0 Å². The first-order chi connectivity index (χ1) is 16.4. The zero-order valence-corrected chi connectivity index (χ0v) is 20.5. The van der Waals surface area contributed by atoms with Crippen LogP contribution in [-0.2, 0) is 13.1 Å². The summed E-state index contributed by atoms with van der Waals surface area (Å²) in [6.45, 7) is 9.62. The van der Waals surface area contributed by atoms with Gasteiger partial charge >= 0.3 is 0 Å². The molecule has 0 saturated heterocycles. The zero-order valence-electron chi connectivity index (χ0n) is 20.5. The Morgan fingerprint density at radius 2 is 1.91 bits per heavy atom. The van der Waals surface area contributed by atoms with E-state index in [4.69, 9.17) is 14.5 Å². The molecule has 1 heterocycles. The van der Waals surface area contributed by atoms with Crippen molar-refractivity contribution in [3.63, 3.8) is 0 Å². The second-order valence-electron chi connectivity index (χ2n) is 7.88. The average Bonchev–Trinajstić information content (AvgIpc) is 3.17. The Labute approximate surface area is 201 Å². The first-order valence-corrected chi connectivity index (χ1v) is 11.5. The lowest BCUT2D eigenvalue weighted by atomic mass is 10.2. The van der Waals surface area contributed by atoms with E-state index in [1.54, 1.807) is 25.3 Å². The van der Waals surface area contributed by atoms with Crippen molar-refractivity contribution in [2.45, 2.75) is 47.2 Å². The number of carbonyl (C=O) groups is 1. The summed E-state index contributed by atoms with van der Waals surface area (Å²) in [5, 5.41) is 10.7. The monoisotopic (exact) mass is 463 g/mol. The predicted molar refractivity (Wildman–Crippen MR) is 135 cm³/mol. The number of aromatic nitrogens is 2. The van der Waals surface area contributed by atoms with Gasteiger partial charge in [0.25, 0.3) is 5.91 Å². The Bertz CT molecular complexity index is 1150. The van der Waals surface area contributed by atoms with Crippen molar-refractivity contribution < 1.29 is 14.3 Å². The van der Waals surface area contributed by atoms with Gasteiger partial charge < -0.3 is 14.8 Å². The van der Waals surface area contributed by atoms with Crippen LogP contribution in [0.25, 0.3) is 0 Å². The predicted octanol–water partition coefficient (Wildman–Crippen LogP) is 4.72. The average molecular weight is 464 g/mol. The van der Waals surface area contributed by atoms with Crippen LogP contribution in [0.4, 0.5) is 5.69 Å². The lowest BCUT2D eigenvalue weighted by Gasteiger charge is -2.16. The molecule has 0 fully saturated rings. The van der Waals surface area contributed by atoms with Gasteiger partial charge in [0.1, 0.15) is 11.5 Å². The molecule has 0 bridgehead atoms. The number of carbonyl (C=O) groups excluding carboxylic acids is 1. The number of hydrogen-bond donors (Lipinski definition) is 2. The molecule has 2 aromatic carbocycles. The van der Waals surface area contributed by atoms with Gasteiger partial charge in [0.2, 0.25) is 5.96 Å². The SMILES string of the molecule is CCCn1cc(CN=C(NC(=O)c2ccccc2OCC)Nc2cc(C)ccc2OC)c(C)n1. The Morgan fingerprint density at radius 1 is 1.12 bits per heavy atom. The van der Waals surface area contributed by atoms with Crippen LogP contribution in [0.5, 0.6) is 11.5 Å². The zero-order chi connectivity index (χ0) is 24.5. The molecule has 2 N–H and O–H groups in total. The molecule has 180 valence electrons. The molecule has 0 atom stereocenters. The summed E-state index contributed by atoms with van der Waals surface area (Å²) in [6.07, 6.45) is 3.00. The van der Waals surface area contributed by atoms with Crippen molar-refractivity contribution >= 4 is 17.6 Å². The number of guanidine groups is 1. The van der Waals surface area contributed by atoms with E-state index in [0.29, 0.717) is 41.9 Å². The van der Waals surface area contributed by atoms with Crippen LogP contribution in [-0.4, -0.2) is 35.4 Å². The van der Waals surface area contributed by atoms with Crippen LogP contribution in [0, 0.1) is 13.8 Å². The van der Waals surface area contributed by atoms with Crippen LogP contribution in [0.1, 0.15) is 47.4 Å². The Kier molecular flexibility index (Phi) is 8.67. The molecule has 0 aliphatic carbocycles. The summed E-state index contributed by atoms with van der Waals surface area (Å²) in [5.74, 6) is 1.16. The first kappa shape index (κ1) is 24.8. The highest BCUT2D eigenvalue weighted by molar-refractivity contribution is 6.11. The minimum absolute atomic E-state index is 0.308. The molecule has 0 aliphatic rings. The van der Waals surface area contributed by atoms with E-state index in [1.807, 2.05) is 55.9 Å². The van der Waals surface area contributed by atoms with Gasteiger partial charge in [-0.1, -0.05) is 25.1 Å². The molecular weight excluding hydrogens is 430 g/mol. The summed E-state index contributed by atoms with van der Waals surface area (Å²) in [5.41, 5.74) is 4.10. The number of rotatable bonds is 9. The van der Waals surface area contributed by atoms with Gasteiger partial charge in [-0.3, -0.25) is 14.8 Å². The van der Waals surface area contributed by atoms with Crippen molar-refractivity contribution in [1.29, 1.82) is 0 Å². The minimum Gasteiger partial charge on any atom is -0.495 e. The number of aliphatic imine (C=N–C) groups is 1. The molecule has 8 nitrogen and oxygen atoms in total. The maximum absolute atomic E-state index is 13.2. The molecule has 0 saturated carbocycles. The van der Waals surface area contributed by atoms with Gasteiger partial charge in [-0.25, -0.2) is 4.99 Å². The highest BCUT2D eigenvalue weighted by Gasteiger charge is 2.16. The summed E-state index contributed by atoms with van der Waals surface area (Å²) < 4.78 is 13.0. The standard InChI is InChI=1S/C26H33N5O3/c1-6-14-31-17-20(19(4)30-31)16-27-26(28-22-15-18(3)12-13-24(22)33-5)29-25(32)21-10-8-9-11-23(21)34-7-2/h8-13,15,17H,6-7,14,16H2,1-5H3,(H2,27,28,29,32). The third-order valence-corrected chi connectivity index (χ3v) is 5.18. The summed E-state index contributed by atoms with van der Waals surface area (Å²) >= 11 is 0. The van der Waals surface area contributed by atoms with Crippen LogP contribution in [0.3, 0.4) is 0 Å². The van der Waals surface area contributed by atoms with Gasteiger partial charge in [0.05, 0.1) is 37.2 Å². The Hall–Kier alpha value is -3.81. The van der Waals surface area contributed by atoms with Crippen LogP contribution >= 0.6 is 0 Å². The molecule has 1 aromatic heterocycles. The van der Waals surface area contributed by atoms with Gasteiger partial charge in [0.15, 0.2) is 0 Å². The van der Waals surface area contributed by atoms with Crippen molar-refractivity contribution in [2.24, 2.45) is 4.99 Å². The highest BCUT2D eigenvalue weighted by Crippen LogP contribution is 2.25. The minimum atomic E-state index is -0.319. The number of benzene rings is 2. The van der Waals surface area contributed by atoms with Gasteiger partial charge in [-0.15, -0.1) is 0 Å². The molecule has 0 radical (unpaired) electrons. The van der Waals surface area contributed by atoms with E-state index in [0.717, 1.165) is 29.8 Å². The largest absolute Gasteiger partial charge is 0.495 e. The quantitative estimate of drug-likeness (QED) is 0.354. The van der Waals surface area contributed by atoms with E-state index in [-0.39, 0.29) is 5.91 Å². The third kappa shape index (κ3) is 6.37. The molecular formula is C26H33N5O3.